The average molecular weight is 425 g/mol. The topological polar surface area (TPSA) is 75.6 Å². The molecule has 7 nitrogen and oxygen atoms in total. The third-order valence-corrected chi connectivity index (χ3v) is 8.27. The largest absolute Gasteiger partial charge is 0.410 e. The third kappa shape index (κ3) is 4.31. The van der Waals surface area contributed by atoms with Gasteiger partial charge in [0.1, 0.15) is 30.5 Å². The zero-order chi connectivity index (χ0) is 21.0. The van der Waals surface area contributed by atoms with Crippen LogP contribution in [0.5, 0.6) is 0 Å². The highest BCUT2D eigenvalue weighted by molar-refractivity contribution is 6.84. The van der Waals surface area contributed by atoms with E-state index >= 15 is 0 Å². The third-order valence-electron chi connectivity index (χ3n) is 5.65. The molecule has 162 valence electrons. The van der Waals surface area contributed by atoms with Crippen LogP contribution in [0.15, 0.2) is 30.3 Å². The quantitative estimate of drug-likeness (QED) is 0.723. The van der Waals surface area contributed by atoms with Gasteiger partial charge in [0.05, 0.1) is 6.61 Å². The number of hydrogen-bond acceptors (Lipinski definition) is 7. The summed E-state index contributed by atoms with van der Waals surface area (Å²) in [4.78, 5) is 0. The molecule has 0 amide bonds. The minimum Gasteiger partial charge on any atom is -0.410 e. The van der Waals surface area contributed by atoms with E-state index in [4.69, 9.17) is 28.1 Å². The summed E-state index contributed by atoms with van der Waals surface area (Å²) < 4.78 is 36.4. The maximum atomic E-state index is 11.0. The smallest absolute Gasteiger partial charge is 0.218 e. The van der Waals surface area contributed by atoms with Crippen molar-refractivity contribution in [3.05, 3.63) is 30.3 Å². The zero-order valence-corrected chi connectivity index (χ0v) is 19.0. The number of fused-ring (bicyclic) bond motifs is 3. The summed E-state index contributed by atoms with van der Waals surface area (Å²) in [6, 6.07) is 10.1. The SMILES string of the molecule is CC1(C)O[C@@H]2[C@H](O1)[C@H]1OC(C)(C)O[C@H]1O[C@@H]2[C@@H](O)CO[Si](C)(C)c1ccccc1. The van der Waals surface area contributed by atoms with E-state index in [0.29, 0.717) is 0 Å². The highest BCUT2D eigenvalue weighted by Gasteiger charge is 2.61. The summed E-state index contributed by atoms with van der Waals surface area (Å²) in [6.07, 6.45) is -3.41. The van der Waals surface area contributed by atoms with Gasteiger partial charge < -0.3 is 33.2 Å². The molecule has 3 saturated heterocycles. The van der Waals surface area contributed by atoms with Crippen molar-refractivity contribution in [3.63, 3.8) is 0 Å². The maximum absolute atomic E-state index is 11.0. The summed E-state index contributed by atoms with van der Waals surface area (Å²) in [6.45, 7) is 11.8. The lowest BCUT2D eigenvalue weighted by atomic mass is 9.96. The molecule has 3 aliphatic heterocycles. The van der Waals surface area contributed by atoms with Crippen molar-refractivity contribution in [2.45, 2.75) is 89.2 Å². The number of aliphatic hydroxyl groups is 1. The van der Waals surface area contributed by atoms with Crippen molar-refractivity contribution in [2.75, 3.05) is 6.61 Å². The van der Waals surface area contributed by atoms with Crippen LogP contribution in [0.1, 0.15) is 27.7 Å². The minimum absolute atomic E-state index is 0.146. The summed E-state index contributed by atoms with van der Waals surface area (Å²) in [5.74, 6) is -1.57. The summed E-state index contributed by atoms with van der Waals surface area (Å²) in [5, 5.41) is 12.2. The molecular formula is C21H32O7Si. The average Bonchev–Trinajstić information content (AvgIpc) is 3.13. The van der Waals surface area contributed by atoms with Gasteiger partial charge in [-0.1, -0.05) is 30.3 Å². The van der Waals surface area contributed by atoms with E-state index in [0.717, 1.165) is 0 Å². The van der Waals surface area contributed by atoms with Crippen molar-refractivity contribution in [1.29, 1.82) is 0 Å². The fourth-order valence-corrected chi connectivity index (χ4v) is 6.01. The van der Waals surface area contributed by atoms with E-state index in [1.807, 2.05) is 45.9 Å². The van der Waals surface area contributed by atoms with Gasteiger partial charge in [-0.15, -0.1) is 0 Å². The Bertz CT molecular complexity index is 723. The van der Waals surface area contributed by atoms with Gasteiger partial charge in [-0.3, -0.25) is 0 Å². The molecule has 6 atom stereocenters. The van der Waals surface area contributed by atoms with Gasteiger partial charge in [0.25, 0.3) is 0 Å². The first kappa shape index (κ1) is 21.4. The molecule has 1 N–H and O–H groups in total. The number of rotatable bonds is 5. The zero-order valence-electron chi connectivity index (χ0n) is 18.0. The molecule has 0 aliphatic carbocycles. The molecule has 3 aliphatic rings. The lowest BCUT2D eigenvalue weighted by molar-refractivity contribution is -0.254. The maximum Gasteiger partial charge on any atom is 0.218 e. The van der Waals surface area contributed by atoms with Gasteiger partial charge in [-0.05, 0) is 46.0 Å². The Balaban J connectivity index is 1.48. The van der Waals surface area contributed by atoms with Crippen LogP contribution in [0.3, 0.4) is 0 Å². The number of ether oxygens (including phenoxy) is 5. The van der Waals surface area contributed by atoms with Crippen LogP contribution in [0.4, 0.5) is 0 Å². The Kier molecular flexibility index (Phi) is 5.45. The van der Waals surface area contributed by atoms with Crippen LogP contribution >= 0.6 is 0 Å². The van der Waals surface area contributed by atoms with Crippen LogP contribution in [-0.2, 0) is 28.1 Å². The van der Waals surface area contributed by atoms with Gasteiger partial charge in [0, 0.05) is 0 Å². The summed E-state index contributed by atoms with van der Waals surface area (Å²) >= 11 is 0. The Morgan fingerprint density at radius 1 is 0.931 bits per heavy atom. The first-order chi connectivity index (χ1) is 13.5. The lowest BCUT2D eigenvalue weighted by Gasteiger charge is -2.39. The highest BCUT2D eigenvalue weighted by atomic mass is 28.4. The Hall–Kier alpha value is -0.843. The predicted octanol–water partition coefficient (Wildman–Crippen LogP) is 1.87. The van der Waals surface area contributed by atoms with Crippen LogP contribution < -0.4 is 5.19 Å². The molecule has 0 radical (unpaired) electrons. The summed E-state index contributed by atoms with van der Waals surface area (Å²) in [7, 11) is -2.16. The highest BCUT2D eigenvalue weighted by Crippen LogP contribution is 2.44. The second kappa shape index (κ2) is 7.39. The van der Waals surface area contributed by atoms with Gasteiger partial charge in [0.2, 0.25) is 8.32 Å². The van der Waals surface area contributed by atoms with Crippen molar-refractivity contribution in [3.8, 4) is 0 Å². The minimum atomic E-state index is -2.16. The molecule has 3 heterocycles. The Labute approximate surface area is 173 Å². The molecule has 29 heavy (non-hydrogen) atoms. The second-order valence-electron chi connectivity index (χ2n) is 9.39. The van der Waals surface area contributed by atoms with E-state index in [1.54, 1.807) is 0 Å². The molecule has 4 rings (SSSR count). The van der Waals surface area contributed by atoms with Crippen molar-refractivity contribution < 1.29 is 33.2 Å². The Morgan fingerprint density at radius 2 is 1.52 bits per heavy atom. The summed E-state index contributed by atoms with van der Waals surface area (Å²) in [5.41, 5.74) is 0. The molecule has 1 aromatic rings. The van der Waals surface area contributed by atoms with E-state index in [-0.39, 0.29) is 12.7 Å². The Morgan fingerprint density at radius 3 is 2.21 bits per heavy atom. The molecule has 0 unspecified atom stereocenters. The molecule has 8 heteroatoms. The lowest BCUT2D eigenvalue weighted by Crippen LogP contribution is -2.59. The molecule has 0 spiro atoms. The molecule has 0 aromatic heterocycles. The monoisotopic (exact) mass is 424 g/mol. The molecule has 0 saturated carbocycles. The van der Waals surface area contributed by atoms with E-state index in [2.05, 4.69) is 25.2 Å². The van der Waals surface area contributed by atoms with Crippen LogP contribution in [0.2, 0.25) is 13.1 Å². The van der Waals surface area contributed by atoms with Crippen LogP contribution in [-0.4, -0.2) is 68.4 Å². The van der Waals surface area contributed by atoms with E-state index in [1.165, 1.54) is 5.19 Å². The number of benzene rings is 1. The van der Waals surface area contributed by atoms with Crippen LogP contribution in [0.25, 0.3) is 0 Å². The standard InChI is InChI=1S/C21H32O7Si/c1-20(2)25-16-15(24-19-18(17(16)26-20)27-21(3,4)28-19)14(22)12-23-29(5,6)13-10-8-7-9-11-13/h7-11,14-19,22H,12H2,1-6H3/t14-,15+,16-,17-,18+,19+/m0/s1. The first-order valence-electron chi connectivity index (χ1n) is 10.2. The van der Waals surface area contributed by atoms with E-state index < -0.39 is 50.6 Å². The van der Waals surface area contributed by atoms with Gasteiger partial charge >= 0.3 is 0 Å². The molecular weight excluding hydrogens is 392 g/mol. The molecule has 0 bridgehead atoms. The molecule has 1 aromatic carbocycles. The molecule has 3 fully saturated rings. The predicted molar refractivity (Wildman–Crippen MR) is 108 cm³/mol. The second-order valence-corrected chi connectivity index (χ2v) is 13.3. The number of aliphatic hydroxyl groups excluding tert-OH is 1. The first-order valence-corrected chi connectivity index (χ1v) is 13.1. The van der Waals surface area contributed by atoms with Crippen molar-refractivity contribution in [2.24, 2.45) is 0 Å². The van der Waals surface area contributed by atoms with Gasteiger partial charge in [-0.25, -0.2) is 0 Å². The van der Waals surface area contributed by atoms with Gasteiger partial charge in [0.15, 0.2) is 17.9 Å². The fraction of sp³-hybridized carbons (Fsp3) is 0.714. The van der Waals surface area contributed by atoms with E-state index in [9.17, 15) is 5.11 Å². The van der Waals surface area contributed by atoms with Gasteiger partial charge in [-0.2, -0.15) is 0 Å². The number of hydrogen-bond donors (Lipinski definition) is 1. The van der Waals surface area contributed by atoms with Crippen LogP contribution in [0, 0.1) is 0 Å². The fourth-order valence-electron chi connectivity index (χ4n) is 4.26. The van der Waals surface area contributed by atoms with Crippen molar-refractivity contribution in [1.82, 2.24) is 0 Å². The van der Waals surface area contributed by atoms with Crippen molar-refractivity contribution >= 4 is 13.5 Å². The normalized spacial score (nSPS) is 36.4.